The number of ether oxygens (including phenoxy) is 1. The Morgan fingerprint density at radius 1 is 1.35 bits per heavy atom. The number of para-hydroxylation sites is 2. The molecule has 3 rings (SSSR count). The van der Waals surface area contributed by atoms with Crippen molar-refractivity contribution in [3.05, 3.63) is 30.2 Å². The number of hydrogen-bond donors (Lipinski definition) is 0. The van der Waals surface area contributed by atoms with Crippen LogP contribution < -0.4 is 0 Å². The maximum Gasteiger partial charge on any atom is 0.417 e. The van der Waals surface area contributed by atoms with Gasteiger partial charge in [-0.15, -0.1) is 0 Å². The van der Waals surface area contributed by atoms with Crippen LogP contribution in [0.1, 0.15) is 5.89 Å². The molecule has 0 fully saturated rings. The SMILES string of the molecule is CN1CN=C(c2nc3ccccc3o2)OC1=O. The average Bonchev–Trinajstić information content (AvgIpc) is 2.76. The van der Waals surface area contributed by atoms with Crippen LogP contribution in [0.15, 0.2) is 33.7 Å². The van der Waals surface area contributed by atoms with Crippen LogP contribution in [0.2, 0.25) is 0 Å². The first-order valence-corrected chi connectivity index (χ1v) is 5.07. The molecule has 0 spiro atoms. The summed E-state index contributed by atoms with van der Waals surface area (Å²) in [6, 6.07) is 7.32. The summed E-state index contributed by atoms with van der Waals surface area (Å²) in [4.78, 5) is 21.0. The van der Waals surface area contributed by atoms with Crippen LogP contribution in [0.3, 0.4) is 0 Å². The Morgan fingerprint density at radius 3 is 2.94 bits per heavy atom. The second-order valence-corrected chi connectivity index (χ2v) is 3.66. The van der Waals surface area contributed by atoms with Gasteiger partial charge in [-0.3, -0.25) is 4.90 Å². The second-order valence-electron chi connectivity index (χ2n) is 3.66. The summed E-state index contributed by atoms with van der Waals surface area (Å²) >= 11 is 0. The predicted molar refractivity (Wildman–Crippen MR) is 59.7 cm³/mol. The van der Waals surface area contributed by atoms with Gasteiger partial charge in [-0.25, -0.2) is 14.8 Å². The van der Waals surface area contributed by atoms with Crippen molar-refractivity contribution in [2.75, 3.05) is 13.7 Å². The quantitative estimate of drug-likeness (QED) is 0.747. The van der Waals surface area contributed by atoms with E-state index in [0.717, 1.165) is 0 Å². The van der Waals surface area contributed by atoms with Crippen molar-refractivity contribution in [2.45, 2.75) is 0 Å². The van der Waals surface area contributed by atoms with Crippen molar-refractivity contribution in [3.8, 4) is 0 Å². The van der Waals surface area contributed by atoms with Crippen molar-refractivity contribution < 1.29 is 13.9 Å². The fraction of sp³-hybridized carbons (Fsp3) is 0.182. The number of carbonyl (C=O) groups is 1. The Bertz CT molecular complexity index is 584. The normalized spacial score (nSPS) is 15.9. The summed E-state index contributed by atoms with van der Waals surface area (Å²) in [6.07, 6.45) is -0.461. The Morgan fingerprint density at radius 2 is 2.18 bits per heavy atom. The minimum atomic E-state index is -0.461. The van der Waals surface area contributed by atoms with Gasteiger partial charge in [0, 0.05) is 7.05 Å². The van der Waals surface area contributed by atoms with Crippen molar-refractivity contribution in [1.82, 2.24) is 9.88 Å². The van der Waals surface area contributed by atoms with Crippen LogP contribution in [0.4, 0.5) is 4.79 Å². The molecule has 0 saturated carbocycles. The van der Waals surface area contributed by atoms with E-state index in [0.29, 0.717) is 11.1 Å². The van der Waals surface area contributed by atoms with E-state index >= 15 is 0 Å². The first-order valence-electron chi connectivity index (χ1n) is 5.07. The Kier molecular flexibility index (Phi) is 2.07. The van der Waals surface area contributed by atoms with E-state index in [9.17, 15) is 4.79 Å². The molecular formula is C11H9N3O3. The van der Waals surface area contributed by atoms with Crippen LogP contribution in [0, 0.1) is 0 Å². The maximum absolute atomic E-state index is 11.3. The van der Waals surface area contributed by atoms with Crippen LogP contribution in [0.25, 0.3) is 11.1 Å². The fourth-order valence-corrected chi connectivity index (χ4v) is 1.50. The molecular weight excluding hydrogens is 222 g/mol. The van der Waals surface area contributed by atoms with E-state index in [2.05, 4.69) is 9.98 Å². The molecule has 0 N–H and O–H groups in total. The van der Waals surface area contributed by atoms with Gasteiger partial charge in [0.2, 0.25) is 0 Å². The molecule has 0 atom stereocenters. The van der Waals surface area contributed by atoms with Crippen molar-refractivity contribution in [1.29, 1.82) is 0 Å². The number of carbonyl (C=O) groups excluding carboxylic acids is 1. The van der Waals surface area contributed by atoms with Gasteiger partial charge in [-0.2, -0.15) is 0 Å². The van der Waals surface area contributed by atoms with Crippen LogP contribution in [-0.2, 0) is 4.74 Å². The van der Waals surface area contributed by atoms with Gasteiger partial charge >= 0.3 is 6.09 Å². The molecule has 17 heavy (non-hydrogen) atoms. The number of cyclic esters (lactones) is 1. The van der Waals surface area contributed by atoms with E-state index in [-0.39, 0.29) is 18.5 Å². The lowest BCUT2D eigenvalue weighted by Crippen LogP contribution is -2.35. The minimum absolute atomic E-state index is 0.129. The van der Waals surface area contributed by atoms with Crippen molar-refractivity contribution in [3.63, 3.8) is 0 Å². The lowest BCUT2D eigenvalue weighted by molar-refractivity contribution is 0.151. The Labute approximate surface area is 96.5 Å². The number of benzene rings is 1. The highest BCUT2D eigenvalue weighted by molar-refractivity contribution is 5.99. The zero-order valence-electron chi connectivity index (χ0n) is 9.08. The molecule has 0 saturated heterocycles. The highest BCUT2D eigenvalue weighted by Gasteiger charge is 2.24. The summed E-state index contributed by atoms with van der Waals surface area (Å²) in [5, 5.41) is 0. The largest absolute Gasteiger partial charge is 0.432 e. The summed E-state index contributed by atoms with van der Waals surface area (Å²) in [5.74, 6) is 0.358. The Balaban J connectivity index is 2.02. The molecule has 0 radical (unpaired) electrons. The second kappa shape index (κ2) is 3.58. The van der Waals surface area contributed by atoms with E-state index in [1.54, 1.807) is 13.1 Å². The topological polar surface area (TPSA) is 67.9 Å². The molecule has 1 amide bonds. The molecule has 6 heteroatoms. The van der Waals surface area contributed by atoms with Crippen LogP contribution in [0.5, 0.6) is 0 Å². The van der Waals surface area contributed by atoms with E-state index in [4.69, 9.17) is 9.15 Å². The lowest BCUT2D eigenvalue weighted by Gasteiger charge is -2.18. The number of fused-ring (bicyclic) bond motifs is 1. The molecule has 1 aliphatic rings. The summed E-state index contributed by atoms with van der Waals surface area (Å²) in [5.41, 5.74) is 1.35. The summed E-state index contributed by atoms with van der Waals surface area (Å²) in [6.45, 7) is 0.243. The van der Waals surface area contributed by atoms with Crippen molar-refractivity contribution in [2.24, 2.45) is 4.99 Å². The molecule has 1 aliphatic heterocycles. The smallest absolute Gasteiger partial charge is 0.417 e. The molecule has 0 bridgehead atoms. The summed E-state index contributed by atoms with van der Waals surface area (Å²) in [7, 11) is 1.61. The van der Waals surface area contributed by atoms with Gasteiger partial charge in [0.1, 0.15) is 12.2 Å². The third kappa shape index (κ3) is 1.63. The third-order valence-electron chi connectivity index (χ3n) is 2.40. The number of nitrogens with zero attached hydrogens (tertiary/aromatic N) is 3. The lowest BCUT2D eigenvalue weighted by atomic mass is 10.3. The third-order valence-corrected chi connectivity index (χ3v) is 2.40. The van der Waals surface area contributed by atoms with Gasteiger partial charge in [0.15, 0.2) is 5.58 Å². The first-order chi connectivity index (χ1) is 8.24. The molecule has 0 unspecified atom stereocenters. The van der Waals surface area contributed by atoms with E-state index in [1.165, 1.54) is 4.90 Å². The molecule has 2 aromatic rings. The molecule has 1 aromatic heterocycles. The number of rotatable bonds is 1. The maximum atomic E-state index is 11.3. The fourth-order valence-electron chi connectivity index (χ4n) is 1.50. The van der Waals surface area contributed by atoms with Crippen molar-refractivity contribution >= 4 is 23.1 Å². The molecule has 2 heterocycles. The monoisotopic (exact) mass is 231 g/mol. The standard InChI is InChI=1S/C11H9N3O3/c1-14-6-12-9(17-11(14)15)10-13-7-4-2-3-5-8(7)16-10/h2-5H,6H2,1H3. The average molecular weight is 231 g/mol. The summed E-state index contributed by atoms with van der Waals surface area (Å²) < 4.78 is 10.4. The number of oxazole rings is 1. The zero-order chi connectivity index (χ0) is 11.8. The highest BCUT2D eigenvalue weighted by atomic mass is 16.6. The zero-order valence-corrected chi connectivity index (χ0v) is 9.08. The van der Waals surface area contributed by atoms with Crippen LogP contribution in [-0.4, -0.2) is 35.6 Å². The number of aliphatic imine (C=N–C) groups is 1. The number of aromatic nitrogens is 1. The first kappa shape index (κ1) is 9.83. The van der Waals surface area contributed by atoms with Gasteiger partial charge in [0.05, 0.1) is 0 Å². The van der Waals surface area contributed by atoms with Gasteiger partial charge in [-0.1, -0.05) is 12.1 Å². The molecule has 6 nitrogen and oxygen atoms in total. The van der Waals surface area contributed by atoms with Gasteiger partial charge in [0.25, 0.3) is 11.8 Å². The van der Waals surface area contributed by atoms with Crippen LogP contribution >= 0.6 is 0 Å². The predicted octanol–water partition coefficient (Wildman–Crippen LogP) is 1.61. The van der Waals surface area contributed by atoms with Gasteiger partial charge < -0.3 is 9.15 Å². The Hall–Kier alpha value is -2.37. The van der Waals surface area contributed by atoms with E-state index < -0.39 is 6.09 Å². The number of hydrogen-bond acceptors (Lipinski definition) is 5. The molecule has 1 aromatic carbocycles. The number of amides is 1. The molecule has 86 valence electrons. The highest BCUT2D eigenvalue weighted by Crippen LogP contribution is 2.17. The van der Waals surface area contributed by atoms with Gasteiger partial charge in [-0.05, 0) is 12.1 Å². The molecule has 0 aliphatic carbocycles. The van der Waals surface area contributed by atoms with E-state index in [1.807, 2.05) is 18.2 Å². The minimum Gasteiger partial charge on any atom is -0.432 e.